The Bertz CT molecular complexity index is 1000. The second-order valence-corrected chi connectivity index (χ2v) is 8.10. The molecule has 7 heteroatoms. The summed E-state index contributed by atoms with van der Waals surface area (Å²) in [4.78, 5) is 17.9. The number of aryl methyl sites for hydroxylation is 2. The van der Waals surface area contributed by atoms with Crippen LogP contribution in [0.1, 0.15) is 45.8 Å². The standard InChI is InChI=1S/C21H23NO5S/c1-4-25-20(23)19-13(2)26-17-6-5-15(11-16(17)19)27-21(7-9-24-10-8-21)18-12-22-14(3)28-18/h5-6,11-12H,4,7-10H2,1-3H3. The Kier molecular flexibility index (Phi) is 5.12. The average Bonchev–Trinajstić information content (AvgIpc) is 3.25. The minimum absolute atomic E-state index is 0.314. The number of furan rings is 1. The molecule has 0 amide bonds. The molecule has 4 rings (SSSR count). The molecule has 6 nitrogen and oxygen atoms in total. The maximum Gasteiger partial charge on any atom is 0.342 e. The van der Waals surface area contributed by atoms with E-state index >= 15 is 0 Å². The Morgan fingerprint density at radius 3 is 2.75 bits per heavy atom. The second-order valence-electron chi connectivity index (χ2n) is 6.86. The normalized spacial score (nSPS) is 16.2. The number of aromatic nitrogens is 1. The summed E-state index contributed by atoms with van der Waals surface area (Å²) in [7, 11) is 0. The van der Waals surface area contributed by atoms with E-state index in [0.29, 0.717) is 47.9 Å². The number of esters is 1. The van der Waals surface area contributed by atoms with Crippen LogP contribution in [0.25, 0.3) is 11.0 Å². The summed E-state index contributed by atoms with van der Waals surface area (Å²) < 4.78 is 23.1. The Labute approximate surface area is 167 Å². The number of rotatable bonds is 5. The number of thiazole rings is 1. The molecule has 28 heavy (non-hydrogen) atoms. The molecule has 0 saturated carbocycles. The Balaban J connectivity index is 1.73. The molecule has 1 fully saturated rings. The first-order valence-electron chi connectivity index (χ1n) is 9.42. The van der Waals surface area contributed by atoms with Crippen molar-refractivity contribution in [2.24, 2.45) is 0 Å². The van der Waals surface area contributed by atoms with Crippen molar-refractivity contribution in [3.05, 3.63) is 45.6 Å². The summed E-state index contributed by atoms with van der Waals surface area (Å²) in [6.07, 6.45) is 3.40. The van der Waals surface area contributed by atoms with Crippen molar-refractivity contribution in [2.45, 2.75) is 39.2 Å². The van der Waals surface area contributed by atoms with Gasteiger partial charge in [0, 0.05) is 24.4 Å². The number of carbonyl (C=O) groups is 1. The molecule has 2 aromatic heterocycles. The molecule has 0 radical (unpaired) electrons. The zero-order valence-corrected chi connectivity index (χ0v) is 17.1. The second kappa shape index (κ2) is 7.56. The van der Waals surface area contributed by atoms with E-state index in [0.717, 1.165) is 22.7 Å². The Morgan fingerprint density at radius 2 is 2.07 bits per heavy atom. The van der Waals surface area contributed by atoms with Gasteiger partial charge in [-0.25, -0.2) is 9.78 Å². The van der Waals surface area contributed by atoms with Gasteiger partial charge in [0.25, 0.3) is 0 Å². The predicted molar refractivity (Wildman–Crippen MR) is 106 cm³/mol. The van der Waals surface area contributed by atoms with Crippen molar-refractivity contribution >= 4 is 28.3 Å². The van der Waals surface area contributed by atoms with Crippen LogP contribution < -0.4 is 4.74 Å². The van der Waals surface area contributed by atoms with E-state index in [1.165, 1.54) is 0 Å². The number of ether oxygens (including phenoxy) is 3. The highest BCUT2D eigenvalue weighted by atomic mass is 32.1. The van der Waals surface area contributed by atoms with Crippen molar-refractivity contribution in [3.63, 3.8) is 0 Å². The maximum absolute atomic E-state index is 12.4. The Morgan fingerprint density at radius 1 is 1.29 bits per heavy atom. The molecule has 1 saturated heterocycles. The van der Waals surface area contributed by atoms with Crippen LogP contribution in [-0.2, 0) is 15.1 Å². The summed E-state index contributed by atoms with van der Waals surface area (Å²) in [5, 5.41) is 1.71. The van der Waals surface area contributed by atoms with Crippen LogP contribution in [0.3, 0.4) is 0 Å². The zero-order valence-electron chi connectivity index (χ0n) is 16.2. The van der Waals surface area contributed by atoms with E-state index in [2.05, 4.69) is 4.98 Å². The smallest absolute Gasteiger partial charge is 0.342 e. The highest BCUT2D eigenvalue weighted by Crippen LogP contribution is 2.41. The molecule has 148 valence electrons. The maximum atomic E-state index is 12.4. The first kappa shape index (κ1) is 19.0. The lowest BCUT2D eigenvalue weighted by atomic mass is 9.92. The fourth-order valence-corrected chi connectivity index (χ4v) is 4.58. The number of hydrogen-bond acceptors (Lipinski definition) is 7. The molecule has 3 aromatic rings. The molecule has 1 aliphatic heterocycles. The van der Waals surface area contributed by atoms with E-state index in [1.54, 1.807) is 25.2 Å². The predicted octanol–water partition coefficient (Wildman–Crippen LogP) is 4.77. The van der Waals surface area contributed by atoms with E-state index in [9.17, 15) is 4.79 Å². The van der Waals surface area contributed by atoms with E-state index in [1.807, 2.05) is 31.3 Å². The fourth-order valence-electron chi connectivity index (χ4n) is 3.62. The van der Waals surface area contributed by atoms with Crippen LogP contribution >= 0.6 is 11.3 Å². The van der Waals surface area contributed by atoms with Gasteiger partial charge < -0.3 is 18.6 Å². The topological polar surface area (TPSA) is 70.8 Å². The highest BCUT2D eigenvalue weighted by molar-refractivity contribution is 7.11. The molecule has 1 aromatic carbocycles. The van der Waals surface area contributed by atoms with Gasteiger partial charge in [-0.15, -0.1) is 11.3 Å². The molecular formula is C21H23NO5S. The number of carbonyl (C=O) groups excluding carboxylic acids is 1. The Hall–Kier alpha value is -2.38. The van der Waals surface area contributed by atoms with Crippen LogP contribution in [0.15, 0.2) is 28.8 Å². The SMILES string of the molecule is CCOC(=O)c1c(C)oc2ccc(OC3(c4cnc(C)s4)CCOCC3)cc12. The number of benzene rings is 1. The molecule has 1 aliphatic rings. The molecule has 0 atom stereocenters. The lowest BCUT2D eigenvalue weighted by Gasteiger charge is -2.36. The van der Waals surface area contributed by atoms with Crippen LogP contribution in [0.2, 0.25) is 0 Å². The van der Waals surface area contributed by atoms with Crippen molar-refractivity contribution in [1.82, 2.24) is 4.98 Å². The van der Waals surface area contributed by atoms with Crippen molar-refractivity contribution in [3.8, 4) is 5.75 Å². The summed E-state index contributed by atoms with van der Waals surface area (Å²) in [5.74, 6) is 0.853. The van der Waals surface area contributed by atoms with Crippen LogP contribution in [0.4, 0.5) is 0 Å². The minimum atomic E-state index is -0.472. The van der Waals surface area contributed by atoms with Gasteiger partial charge in [-0.2, -0.15) is 0 Å². The number of fused-ring (bicyclic) bond motifs is 1. The number of hydrogen-bond donors (Lipinski definition) is 0. The van der Waals surface area contributed by atoms with Crippen LogP contribution in [0.5, 0.6) is 5.75 Å². The monoisotopic (exact) mass is 401 g/mol. The lowest BCUT2D eigenvalue weighted by molar-refractivity contribution is -0.0479. The molecule has 3 heterocycles. The fraction of sp³-hybridized carbons (Fsp3) is 0.429. The van der Waals surface area contributed by atoms with Crippen molar-refractivity contribution in [1.29, 1.82) is 0 Å². The van der Waals surface area contributed by atoms with Gasteiger partial charge in [-0.3, -0.25) is 0 Å². The largest absolute Gasteiger partial charge is 0.481 e. The number of nitrogens with zero attached hydrogens (tertiary/aromatic N) is 1. The zero-order chi connectivity index (χ0) is 19.7. The molecule has 0 N–H and O–H groups in total. The lowest BCUT2D eigenvalue weighted by Crippen LogP contribution is -2.38. The van der Waals surface area contributed by atoms with Crippen LogP contribution in [0, 0.1) is 13.8 Å². The highest BCUT2D eigenvalue weighted by Gasteiger charge is 2.39. The molecular weight excluding hydrogens is 378 g/mol. The van der Waals surface area contributed by atoms with Gasteiger partial charge in [0.05, 0.1) is 29.7 Å². The van der Waals surface area contributed by atoms with E-state index in [-0.39, 0.29) is 5.97 Å². The minimum Gasteiger partial charge on any atom is -0.481 e. The van der Waals surface area contributed by atoms with Gasteiger partial charge in [0.2, 0.25) is 0 Å². The molecule has 0 unspecified atom stereocenters. The van der Waals surface area contributed by atoms with Gasteiger partial charge in [-0.05, 0) is 39.0 Å². The van der Waals surface area contributed by atoms with Crippen molar-refractivity contribution < 1.29 is 23.4 Å². The third kappa shape index (κ3) is 3.40. The van der Waals surface area contributed by atoms with Crippen molar-refractivity contribution in [2.75, 3.05) is 19.8 Å². The summed E-state index contributed by atoms with van der Waals surface area (Å²) in [6.45, 7) is 7.14. The van der Waals surface area contributed by atoms with Gasteiger partial charge in [0.1, 0.15) is 28.3 Å². The van der Waals surface area contributed by atoms with Gasteiger partial charge in [-0.1, -0.05) is 0 Å². The molecule has 0 spiro atoms. The first-order valence-corrected chi connectivity index (χ1v) is 10.2. The summed E-state index contributed by atoms with van der Waals surface area (Å²) >= 11 is 1.65. The first-order chi connectivity index (χ1) is 13.5. The third-order valence-corrected chi connectivity index (χ3v) is 6.10. The third-order valence-electron chi connectivity index (χ3n) is 5.00. The molecule has 0 aliphatic carbocycles. The quantitative estimate of drug-likeness (QED) is 0.574. The van der Waals surface area contributed by atoms with E-state index < -0.39 is 5.60 Å². The van der Waals surface area contributed by atoms with Crippen LogP contribution in [-0.4, -0.2) is 30.8 Å². The summed E-state index contributed by atoms with van der Waals surface area (Å²) in [5.41, 5.74) is 0.625. The average molecular weight is 401 g/mol. The molecule has 0 bridgehead atoms. The van der Waals surface area contributed by atoms with Gasteiger partial charge in [0.15, 0.2) is 0 Å². The van der Waals surface area contributed by atoms with E-state index in [4.69, 9.17) is 18.6 Å². The summed E-state index contributed by atoms with van der Waals surface area (Å²) in [6, 6.07) is 5.58. The van der Waals surface area contributed by atoms with Gasteiger partial charge >= 0.3 is 5.97 Å².